The van der Waals surface area contributed by atoms with Gasteiger partial charge >= 0.3 is 5.97 Å². The topological polar surface area (TPSA) is 87.1 Å². The number of rotatable bonds is 6. The lowest BCUT2D eigenvalue weighted by Crippen LogP contribution is -2.40. The third-order valence-electron chi connectivity index (χ3n) is 1.32. The summed E-state index contributed by atoms with van der Waals surface area (Å²) in [6, 6.07) is -0.598. The lowest BCUT2D eigenvalue weighted by molar-refractivity contribution is -0.142. The summed E-state index contributed by atoms with van der Waals surface area (Å²) in [5, 5.41) is 6.07. The molecule has 0 radical (unpaired) electrons. The van der Waals surface area contributed by atoms with Gasteiger partial charge in [0.25, 0.3) is 0 Å². The molecule has 13 heavy (non-hydrogen) atoms. The highest BCUT2D eigenvalue weighted by atomic mass is 16.5. The molecule has 0 aliphatic heterocycles. The van der Waals surface area contributed by atoms with E-state index in [-0.39, 0.29) is 6.54 Å². The minimum absolute atomic E-state index is 0.0387. The molecule has 0 fully saturated rings. The van der Waals surface area contributed by atoms with Gasteiger partial charge < -0.3 is 10.1 Å². The van der Waals surface area contributed by atoms with E-state index in [2.05, 4.69) is 26.7 Å². The Hall–Kier alpha value is -1.52. The van der Waals surface area contributed by atoms with Gasteiger partial charge in [0, 0.05) is 11.5 Å². The molecule has 1 N–H and O–H groups in total. The Morgan fingerprint density at radius 2 is 2.62 bits per heavy atom. The van der Waals surface area contributed by atoms with E-state index in [9.17, 15) is 4.79 Å². The molecule has 0 amide bonds. The smallest absolute Gasteiger partial charge is 0.322 e. The maximum Gasteiger partial charge on any atom is 0.322 e. The number of nitrogens with zero attached hydrogens (tertiary/aromatic N) is 3. The number of esters is 1. The van der Waals surface area contributed by atoms with Crippen molar-refractivity contribution < 1.29 is 9.53 Å². The highest BCUT2D eigenvalue weighted by Gasteiger charge is 2.16. The molecule has 72 valence electrons. The van der Waals surface area contributed by atoms with Crippen LogP contribution >= 0.6 is 0 Å². The van der Waals surface area contributed by atoms with E-state index >= 15 is 0 Å². The van der Waals surface area contributed by atoms with Crippen LogP contribution in [0.4, 0.5) is 0 Å². The minimum atomic E-state index is -0.598. The average Bonchev–Trinajstić information content (AvgIpc) is 2.17. The molecule has 0 aliphatic rings. The first-order chi connectivity index (χ1) is 6.26. The zero-order chi connectivity index (χ0) is 10.1. The van der Waals surface area contributed by atoms with Gasteiger partial charge in [-0.15, -0.1) is 6.58 Å². The van der Waals surface area contributed by atoms with Crippen LogP contribution in [0.1, 0.15) is 0 Å². The fourth-order valence-electron chi connectivity index (χ4n) is 0.708. The van der Waals surface area contributed by atoms with Crippen molar-refractivity contribution in [3.8, 4) is 0 Å². The molecule has 0 aromatic rings. The second-order valence-corrected chi connectivity index (χ2v) is 2.19. The quantitative estimate of drug-likeness (QED) is 0.216. The third-order valence-corrected chi connectivity index (χ3v) is 1.32. The molecule has 0 spiro atoms. The molecule has 1 atom stereocenters. The normalized spacial score (nSPS) is 11.2. The molecule has 0 heterocycles. The highest BCUT2D eigenvalue weighted by Crippen LogP contribution is 1.89. The van der Waals surface area contributed by atoms with E-state index in [1.54, 1.807) is 6.08 Å². The maximum absolute atomic E-state index is 11.0. The van der Waals surface area contributed by atoms with Crippen LogP contribution in [0.2, 0.25) is 0 Å². The fraction of sp³-hybridized carbons (Fsp3) is 0.571. The predicted molar refractivity (Wildman–Crippen MR) is 48.0 cm³/mol. The Labute approximate surface area is 76.2 Å². The lowest BCUT2D eigenvalue weighted by Gasteiger charge is -2.11. The number of ether oxygens (including phenoxy) is 1. The van der Waals surface area contributed by atoms with Crippen molar-refractivity contribution in [1.29, 1.82) is 0 Å². The van der Waals surface area contributed by atoms with Gasteiger partial charge in [0.15, 0.2) is 0 Å². The Balaban J connectivity index is 4.08. The van der Waals surface area contributed by atoms with Crippen molar-refractivity contribution in [2.75, 3.05) is 20.2 Å². The van der Waals surface area contributed by atoms with E-state index < -0.39 is 12.0 Å². The van der Waals surface area contributed by atoms with Crippen molar-refractivity contribution in [3.63, 3.8) is 0 Å². The van der Waals surface area contributed by atoms with Crippen LogP contribution in [0, 0.1) is 0 Å². The molecule has 0 bridgehead atoms. The summed E-state index contributed by atoms with van der Waals surface area (Å²) in [7, 11) is 1.28. The number of nitrogens with one attached hydrogen (secondary N) is 1. The highest BCUT2D eigenvalue weighted by molar-refractivity contribution is 5.75. The van der Waals surface area contributed by atoms with Crippen molar-refractivity contribution in [2.45, 2.75) is 6.04 Å². The first-order valence-electron chi connectivity index (χ1n) is 3.69. The van der Waals surface area contributed by atoms with Crippen molar-refractivity contribution in [3.05, 3.63) is 23.1 Å². The van der Waals surface area contributed by atoms with Gasteiger partial charge in [0.2, 0.25) is 0 Å². The fourth-order valence-corrected chi connectivity index (χ4v) is 0.708. The van der Waals surface area contributed by atoms with E-state index in [0.717, 1.165) is 0 Å². The molecule has 0 aromatic carbocycles. The van der Waals surface area contributed by atoms with Crippen LogP contribution in [-0.2, 0) is 9.53 Å². The van der Waals surface area contributed by atoms with Crippen LogP contribution in [-0.4, -0.2) is 32.2 Å². The molecule has 0 aliphatic carbocycles. The first kappa shape index (κ1) is 11.5. The predicted octanol–water partition coefficient (Wildman–Crippen LogP) is 0.614. The van der Waals surface area contributed by atoms with Gasteiger partial charge in [-0.25, -0.2) is 0 Å². The van der Waals surface area contributed by atoms with Crippen LogP contribution in [0.5, 0.6) is 0 Å². The average molecular weight is 184 g/mol. The Morgan fingerprint density at radius 1 is 1.92 bits per heavy atom. The van der Waals surface area contributed by atoms with E-state index in [1.807, 2.05) is 0 Å². The summed E-state index contributed by atoms with van der Waals surface area (Å²) in [5.41, 5.74) is 8.05. The largest absolute Gasteiger partial charge is 0.468 e. The maximum atomic E-state index is 11.0. The summed E-state index contributed by atoms with van der Waals surface area (Å²) in [4.78, 5) is 13.6. The van der Waals surface area contributed by atoms with Gasteiger partial charge in [0.05, 0.1) is 13.7 Å². The second kappa shape index (κ2) is 7.15. The molecular weight excluding hydrogens is 172 g/mol. The molecule has 6 nitrogen and oxygen atoms in total. The Kier molecular flexibility index (Phi) is 6.31. The van der Waals surface area contributed by atoms with E-state index in [0.29, 0.717) is 6.54 Å². The standard InChI is InChI=1S/C7H12N4O2/c1-3-4-9-6(5-10-11-8)7(12)13-2/h3,6,9H,1,4-5H2,2H3. The SMILES string of the molecule is C=CCNC(CN=[N+]=[N-])C(=O)OC. The van der Waals surface area contributed by atoms with Crippen LogP contribution < -0.4 is 5.32 Å². The van der Waals surface area contributed by atoms with E-state index in [1.165, 1.54) is 7.11 Å². The number of hydrogen-bond donors (Lipinski definition) is 1. The summed E-state index contributed by atoms with van der Waals surface area (Å²) in [6.45, 7) is 3.98. The monoisotopic (exact) mass is 184 g/mol. The molecule has 0 aromatic heterocycles. The number of hydrogen-bond acceptors (Lipinski definition) is 4. The van der Waals surface area contributed by atoms with Gasteiger partial charge in [-0.3, -0.25) is 4.79 Å². The number of methoxy groups -OCH3 is 1. The number of carbonyl (C=O) groups is 1. The summed E-state index contributed by atoms with van der Waals surface area (Å²) in [5.74, 6) is -0.450. The minimum Gasteiger partial charge on any atom is -0.468 e. The molecule has 0 saturated carbocycles. The van der Waals surface area contributed by atoms with Crippen molar-refractivity contribution in [2.24, 2.45) is 5.11 Å². The molecule has 0 saturated heterocycles. The molecule has 1 unspecified atom stereocenters. The summed E-state index contributed by atoms with van der Waals surface area (Å²) < 4.78 is 4.49. The van der Waals surface area contributed by atoms with Crippen molar-refractivity contribution >= 4 is 5.97 Å². The van der Waals surface area contributed by atoms with Gasteiger partial charge in [-0.1, -0.05) is 11.2 Å². The van der Waals surface area contributed by atoms with E-state index in [4.69, 9.17) is 5.53 Å². The Bertz CT molecular complexity index is 223. The van der Waals surface area contributed by atoms with Crippen LogP contribution in [0.25, 0.3) is 10.4 Å². The van der Waals surface area contributed by atoms with Gasteiger partial charge in [0.1, 0.15) is 6.04 Å². The van der Waals surface area contributed by atoms with Gasteiger partial charge in [-0.05, 0) is 5.53 Å². The zero-order valence-electron chi connectivity index (χ0n) is 7.43. The molecule has 6 heteroatoms. The molecular formula is C7H12N4O2. The number of carbonyl (C=O) groups excluding carboxylic acids is 1. The zero-order valence-corrected chi connectivity index (χ0v) is 7.43. The van der Waals surface area contributed by atoms with Crippen LogP contribution in [0.3, 0.4) is 0 Å². The lowest BCUT2D eigenvalue weighted by atomic mass is 10.3. The third kappa shape index (κ3) is 4.84. The first-order valence-corrected chi connectivity index (χ1v) is 3.69. The second-order valence-electron chi connectivity index (χ2n) is 2.19. The summed E-state index contributed by atoms with van der Waals surface area (Å²) in [6.07, 6.45) is 1.60. The summed E-state index contributed by atoms with van der Waals surface area (Å²) >= 11 is 0. The van der Waals surface area contributed by atoms with Crippen LogP contribution in [0.15, 0.2) is 17.8 Å². The van der Waals surface area contributed by atoms with Gasteiger partial charge in [-0.2, -0.15) is 0 Å². The molecule has 0 rings (SSSR count). The van der Waals surface area contributed by atoms with Crippen molar-refractivity contribution in [1.82, 2.24) is 5.32 Å². The number of azide groups is 1. The Morgan fingerprint density at radius 3 is 3.08 bits per heavy atom.